The number of methoxy groups -OCH3 is 1. The number of amides is 2. The largest absolute Gasteiger partial charge is 0.495 e. The highest BCUT2D eigenvalue weighted by molar-refractivity contribution is 5.92. The lowest BCUT2D eigenvalue weighted by Gasteiger charge is -2.36. The molecule has 29 heavy (non-hydrogen) atoms. The van der Waals surface area contributed by atoms with Crippen LogP contribution in [0.15, 0.2) is 60.7 Å². The van der Waals surface area contributed by atoms with Gasteiger partial charge in [-0.2, -0.15) is 0 Å². The lowest BCUT2D eigenvalue weighted by Crippen LogP contribution is -2.49. The van der Waals surface area contributed by atoms with Crippen LogP contribution in [0.1, 0.15) is 12.0 Å². The summed E-state index contributed by atoms with van der Waals surface area (Å²) in [6, 6.07) is 17.6. The van der Waals surface area contributed by atoms with Crippen molar-refractivity contribution in [1.82, 2.24) is 10.2 Å². The standard InChI is InChI=1S/C23H27N3O3/c1-29-21-10-6-5-9-20(21)25-15-17-26(18-16-25)23(28)13-14-24-22(27)12-11-19-7-3-2-4-8-19/h2-12H,13-18H2,1H3,(H,24,27)/b12-11+. The summed E-state index contributed by atoms with van der Waals surface area (Å²) < 4.78 is 5.43. The highest BCUT2D eigenvalue weighted by Gasteiger charge is 2.22. The number of anilines is 1. The zero-order chi connectivity index (χ0) is 20.5. The van der Waals surface area contributed by atoms with Crippen molar-refractivity contribution in [2.45, 2.75) is 6.42 Å². The van der Waals surface area contributed by atoms with Gasteiger partial charge in [0.05, 0.1) is 12.8 Å². The molecule has 0 spiro atoms. The fourth-order valence-electron chi connectivity index (χ4n) is 3.33. The lowest BCUT2D eigenvalue weighted by molar-refractivity contribution is -0.131. The highest BCUT2D eigenvalue weighted by atomic mass is 16.5. The van der Waals surface area contributed by atoms with Gasteiger partial charge >= 0.3 is 0 Å². The van der Waals surface area contributed by atoms with E-state index in [9.17, 15) is 9.59 Å². The van der Waals surface area contributed by atoms with Crippen LogP contribution in [0.4, 0.5) is 5.69 Å². The number of hydrogen-bond acceptors (Lipinski definition) is 4. The van der Waals surface area contributed by atoms with Crippen LogP contribution < -0.4 is 15.0 Å². The molecule has 1 heterocycles. The predicted molar refractivity (Wildman–Crippen MR) is 115 cm³/mol. The fourth-order valence-corrected chi connectivity index (χ4v) is 3.33. The highest BCUT2D eigenvalue weighted by Crippen LogP contribution is 2.28. The number of carbonyl (C=O) groups is 2. The summed E-state index contributed by atoms with van der Waals surface area (Å²) in [5, 5.41) is 2.77. The van der Waals surface area contributed by atoms with Gasteiger partial charge in [0.15, 0.2) is 0 Å². The molecule has 0 aromatic heterocycles. The third-order valence-electron chi connectivity index (χ3n) is 4.92. The Morgan fingerprint density at radius 2 is 1.69 bits per heavy atom. The summed E-state index contributed by atoms with van der Waals surface area (Å²) in [6.07, 6.45) is 3.56. The first kappa shape index (κ1) is 20.5. The minimum Gasteiger partial charge on any atom is -0.495 e. The van der Waals surface area contributed by atoms with Crippen molar-refractivity contribution in [3.8, 4) is 5.75 Å². The first-order valence-corrected chi connectivity index (χ1v) is 9.84. The molecule has 0 unspecified atom stereocenters. The summed E-state index contributed by atoms with van der Waals surface area (Å²) in [5.41, 5.74) is 2.02. The second kappa shape index (κ2) is 10.3. The first-order chi connectivity index (χ1) is 14.2. The number of rotatable bonds is 7. The number of para-hydroxylation sites is 2. The Kier molecular flexibility index (Phi) is 7.28. The molecule has 2 amide bonds. The molecule has 2 aromatic rings. The van der Waals surface area contributed by atoms with E-state index in [1.54, 1.807) is 13.2 Å². The van der Waals surface area contributed by atoms with Crippen LogP contribution >= 0.6 is 0 Å². The molecule has 0 radical (unpaired) electrons. The van der Waals surface area contributed by atoms with Crippen LogP contribution in [0.3, 0.4) is 0 Å². The van der Waals surface area contributed by atoms with E-state index in [0.29, 0.717) is 26.1 Å². The summed E-state index contributed by atoms with van der Waals surface area (Å²) in [7, 11) is 1.67. The number of benzene rings is 2. The number of hydrogen-bond donors (Lipinski definition) is 1. The van der Waals surface area contributed by atoms with E-state index in [4.69, 9.17) is 4.74 Å². The molecule has 1 aliphatic heterocycles. The maximum atomic E-state index is 12.4. The summed E-state index contributed by atoms with van der Waals surface area (Å²) in [6.45, 7) is 3.19. The first-order valence-electron chi connectivity index (χ1n) is 9.84. The molecule has 3 rings (SSSR count). The van der Waals surface area contributed by atoms with Crippen LogP contribution in [0.25, 0.3) is 6.08 Å². The van der Waals surface area contributed by atoms with Crippen LogP contribution in [-0.4, -0.2) is 56.5 Å². The maximum absolute atomic E-state index is 12.4. The van der Waals surface area contributed by atoms with E-state index in [-0.39, 0.29) is 11.8 Å². The zero-order valence-corrected chi connectivity index (χ0v) is 16.7. The Bertz CT molecular complexity index is 843. The normalized spacial score (nSPS) is 14.1. The molecule has 1 N–H and O–H groups in total. The van der Waals surface area contributed by atoms with Gasteiger partial charge in [-0.1, -0.05) is 42.5 Å². The molecule has 1 aliphatic rings. The van der Waals surface area contributed by atoms with Gasteiger partial charge in [-0.05, 0) is 23.8 Å². The Morgan fingerprint density at radius 3 is 2.41 bits per heavy atom. The molecule has 6 nitrogen and oxygen atoms in total. The quantitative estimate of drug-likeness (QED) is 0.735. The van der Waals surface area contributed by atoms with Gasteiger partial charge in [0, 0.05) is 45.2 Å². The van der Waals surface area contributed by atoms with Gasteiger partial charge in [0.1, 0.15) is 5.75 Å². The Hall–Kier alpha value is -3.28. The minimum atomic E-state index is -0.192. The second-order valence-corrected chi connectivity index (χ2v) is 6.82. The lowest BCUT2D eigenvalue weighted by atomic mass is 10.2. The van der Waals surface area contributed by atoms with Gasteiger partial charge in [-0.15, -0.1) is 0 Å². The molecule has 0 atom stereocenters. The molecular formula is C23H27N3O3. The van der Waals surface area contributed by atoms with Crippen LogP contribution in [-0.2, 0) is 9.59 Å². The third kappa shape index (κ3) is 5.85. The topological polar surface area (TPSA) is 61.9 Å². The van der Waals surface area contributed by atoms with E-state index < -0.39 is 0 Å². The van der Waals surface area contributed by atoms with Gasteiger partial charge in [-0.25, -0.2) is 0 Å². The van der Waals surface area contributed by atoms with E-state index in [1.165, 1.54) is 6.08 Å². The maximum Gasteiger partial charge on any atom is 0.244 e. The molecule has 0 saturated carbocycles. The predicted octanol–water partition coefficient (Wildman–Crippen LogP) is 2.56. The fraction of sp³-hybridized carbons (Fsp3) is 0.304. The minimum absolute atomic E-state index is 0.0667. The molecule has 152 valence electrons. The van der Waals surface area contributed by atoms with E-state index in [0.717, 1.165) is 30.1 Å². The van der Waals surface area contributed by atoms with Gasteiger partial charge < -0.3 is 19.9 Å². The molecule has 0 bridgehead atoms. The molecule has 0 aliphatic carbocycles. The van der Waals surface area contributed by atoms with Crippen LogP contribution in [0.5, 0.6) is 5.75 Å². The van der Waals surface area contributed by atoms with Crippen molar-refractivity contribution in [2.24, 2.45) is 0 Å². The Morgan fingerprint density at radius 1 is 1.00 bits per heavy atom. The van der Waals surface area contributed by atoms with Crippen LogP contribution in [0, 0.1) is 0 Å². The molecule has 2 aromatic carbocycles. The van der Waals surface area contributed by atoms with Crippen molar-refractivity contribution in [3.05, 3.63) is 66.2 Å². The molecule has 1 saturated heterocycles. The second-order valence-electron chi connectivity index (χ2n) is 6.82. The number of carbonyl (C=O) groups excluding carboxylic acids is 2. The Labute approximate surface area is 171 Å². The molecule has 6 heteroatoms. The van der Waals surface area contributed by atoms with Gasteiger partial charge in [0.25, 0.3) is 0 Å². The smallest absolute Gasteiger partial charge is 0.244 e. The molecular weight excluding hydrogens is 366 g/mol. The number of nitrogens with one attached hydrogen (secondary N) is 1. The summed E-state index contributed by atoms with van der Waals surface area (Å²) in [4.78, 5) is 28.4. The van der Waals surface area contributed by atoms with Crippen molar-refractivity contribution in [2.75, 3.05) is 44.7 Å². The van der Waals surface area contributed by atoms with E-state index in [2.05, 4.69) is 10.2 Å². The van der Waals surface area contributed by atoms with Gasteiger partial charge in [0.2, 0.25) is 11.8 Å². The van der Waals surface area contributed by atoms with E-state index >= 15 is 0 Å². The zero-order valence-electron chi connectivity index (χ0n) is 16.7. The molecule has 1 fully saturated rings. The van der Waals surface area contributed by atoms with Crippen molar-refractivity contribution >= 4 is 23.6 Å². The van der Waals surface area contributed by atoms with Crippen molar-refractivity contribution in [3.63, 3.8) is 0 Å². The summed E-state index contributed by atoms with van der Waals surface area (Å²) >= 11 is 0. The number of nitrogens with zero attached hydrogens (tertiary/aromatic N) is 2. The number of piperazine rings is 1. The number of ether oxygens (including phenoxy) is 1. The third-order valence-corrected chi connectivity index (χ3v) is 4.92. The monoisotopic (exact) mass is 393 g/mol. The SMILES string of the molecule is COc1ccccc1N1CCN(C(=O)CCNC(=O)/C=C/c2ccccc2)CC1. The van der Waals surface area contributed by atoms with E-state index in [1.807, 2.05) is 59.5 Å². The average Bonchev–Trinajstić information content (AvgIpc) is 2.78. The van der Waals surface area contributed by atoms with Crippen molar-refractivity contribution in [1.29, 1.82) is 0 Å². The summed E-state index contributed by atoms with van der Waals surface area (Å²) in [5.74, 6) is 0.721. The van der Waals surface area contributed by atoms with Crippen molar-refractivity contribution < 1.29 is 14.3 Å². The average molecular weight is 393 g/mol. The Balaban J connectivity index is 1.40. The van der Waals surface area contributed by atoms with Gasteiger partial charge in [-0.3, -0.25) is 9.59 Å². The van der Waals surface area contributed by atoms with Crippen LogP contribution in [0.2, 0.25) is 0 Å².